The minimum atomic E-state index is -0.211. The van der Waals surface area contributed by atoms with Gasteiger partial charge in [-0.3, -0.25) is 9.58 Å². The fourth-order valence-corrected chi connectivity index (χ4v) is 7.91. The van der Waals surface area contributed by atoms with Gasteiger partial charge < -0.3 is 24.3 Å². The molecule has 3 saturated heterocycles. The zero-order valence-electron chi connectivity index (χ0n) is 28.4. The third-order valence-electron chi connectivity index (χ3n) is 10.5. The van der Waals surface area contributed by atoms with Crippen LogP contribution in [0.25, 0.3) is 11.1 Å². The highest BCUT2D eigenvalue weighted by atomic mass is 16.5. The number of fused-ring (bicyclic) bond motifs is 2. The molecule has 4 aliphatic rings. The van der Waals surface area contributed by atoms with Crippen LogP contribution in [0.1, 0.15) is 63.5 Å². The maximum Gasteiger partial charge on any atom is 0.256 e. The van der Waals surface area contributed by atoms with E-state index in [1.807, 2.05) is 25.1 Å². The van der Waals surface area contributed by atoms with Crippen LogP contribution in [0.2, 0.25) is 0 Å². The Kier molecular flexibility index (Phi) is 9.60. The molecule has 4 fully saturated rings. The second kappa shape index (κ2) is 14.7. The summed E-state index contributed by atoms with van der Waals surface area (Å²) >= 11 is 0. The lowest BCUT2D eigenvalue weighted by Gasteiger charge is -2.43. The first-order chi connectivity index (χ1) is 24.6. The van der Waals surface area contributed by atoms with Gasteiger partial charge >= 0.3 is 0 Å². The number of hydrogen-bond donors (Lipinski definition) is 1. The summed E-state index contributed by atoms with van der Waals surface area (Å²) in [5.41, 5.74) is 3.13. The number of morpholine rings is 1. The molecule has 1 aliphatic carbocycles. The van der Waals surface area contributed by atoms with Crippen LogP contribution in [-0.2, 0) is 16.0 Å². The molecular weight excluding hydrogens is 636 g/mol. The lowest BCUT2D eigenvalue weighted by Crippen LogP contribution is -2.52. The van der Waals surface area contributed by atoms with Crippen molar-refractivity contribution in [1.82, 2.24) is 44.9 Å². The Morgan fingerprint density at radius 2 is 1.74 bits per heavy atom. The molecule has 2 bridgehead atoms. The Hall–Kier alpha value is -4.58. The van der Waals surface area contributed by atoms with Crippen LogP contribution in [0.5, 0.6) is 11.6 Å². The van der Waals surface area contributed by atoms with Gasteiger partial charge in [0, 0.05) is 48.6 Å². The van der Waals surface area contributed by atoms with Gasteiger partial charge in [-0.2, -0.15) is 0 Å². The van der Waals surface area contributed by atoms with E-state index in [1.165, 1.54) is 25.7 Å². The Balaban J connectivity index is 0.953. The summed E-state index contributed by atoms with van der Waals surface area (Å²) in [6.07, 6.45) is 20.8. The van der Waals surface area contributed by atoms with Gasteiger partial charge in [0.1, 0.15) is 23.9 Å². The summed E-state index contributed by atoms with van der Waals surface area (Å²) in [6, 6.07) is 7.87. The van der Waals surface area contributed by atoms with Crippen molar-refractivity contribution >= 4 is 11.6 Å². The molecule has 8 rings (SSSR count). The highest BCUT2D eigenvalue weighted by Gasteiger charge is 2.42. The van der Waals surface area contributed by atoms with Crippen molar-refractivity contribution in [1.29, 1.82) is 0 Å². The lowest BCUT2D eigenvalue weighted by molar-refractivity contribution is -0.0458. The van der Waals surface area contributed by atoms with Crippen molar-refractivity contribution in [2.75, 3.05) is 38.4 Å². The lowest BCUT2D eigenvalue weighted by atomic mass is 9.89. The number of hydrogen-bond acceptors (Lipinski definition) is 12. The molecule has 4 atom stereocenters. The predicted molar refractivity (Wildman–Crippen MR) is 184 cm³/mol. The monoisotopic (exact) mass is 680 g/mol. The van der Waals surface area contributed by atoms with Crippen LogP contribution < -0.4 is 14.8 Å². The molecule has 3 aromatic heterocycles. The SMILES string of the molecule is C#Cc1ccc(-c2cnc(Nc3cn(C4CCC(N5[C@@H]6CC[C@H]5COC6)CC4)nc3OCC3CCOC3)nc2)cc1O[C@@H](C)Cn1cnnn1. The maximum absolute atomic E-state index is 6.32. The van der Waals surface area contributed by atoms with E-state index in [-0.39, 0.29) is 6.10 Å². The van der Waals surface area contributed by atoms with Crippen molar-refractivity contribution in [2.24, 2.45) is 5.92 Å². The molecule has 6 heterocycles. The molecule has 50 heavy (non-hydrogen) atoms. The first-order valence-electron chi connectivity index (χ1n) is 17.8. The number of benzene rings is 1. The molecule has 0 amide bonds. The molecule has 4 aromatic rings. The third kappa shape index (κ3) is 7.17. The van der Waals surface area contributed by atoms with E-state index >= 15 is 0 Å². The molecule has 0 radical (unpaired) electrons. The summed E-state index contributed by atoms with van der Waals surface area (Å²) in [7, 11) is 0. The molecule has 1 N–H and O–H groups in total. The van der Waals surface area contributed by atoms with Crippen molar-refractivity contribution in [2.45, 2.75) is 88.7 Å². The van der Waals surface area contributed by atoms with Crippen LogP contribution in [-0.4, -0.2) is 102 Å². The van der Waals surface area contributed by atoms with Gasteiger partial charge in [0.25, 0.3) is 5.88 Å². The third-order valence-corrected chi connectivity index (χ3v) is 10.5. The Morgan fingerprint density at radius 3 is 2.46 bits per heavy atom. The Morgan fingerprint density at radius 1 is 0.960 bits per heavy atom. The minimum Gasteiger partial charge on any atom is -0.487 e. The molecule has 14 heteroatoms. The quantitative estimate of drug-likeness (QED) is 0.214. The first kappa shape index (κ1) is 32.6. The molecule has 0 spiro atoms. The Labute approximate surface area is 291 Å². The van der Waals surface area contributed by atoms with Crippen LogP contribution in [0.15, 0.2) is 43.1 Å². The highest BCUT2D eigenvalue weighted by molar-refractivity contribution is 5.67. The number of anilines is 2. The first-order valence-corrected chi connectivity index (χ1v) is 17.8. The maximum atomic E-state index is 6.32. The normalized spacial score (nSPS) is 25.6. The smallest absolute Gasteiger partial charge is 0.256 e. The van der Waals surface area contributed by atoms with E-state index in [4.69, 9.17) is 30.5 Å². The predicted octanol–water partition coefficient (Wildman–Crippen LogP) is 4.28. The summed E-state index contributed by atoms with van der Waals surface area (Å²) in [5.74, 6) is 4.70. The number of terminal acetylenes is 1. The van der Waals surface area contributed by atoms with Crippen molar-refractivity contribution in [3.63, 3.8) is 0 Å². The van der Waals surface area contributed by atoms with Crippen molar-refractivity contribution in [3.05, 3.63) is 48.7 Å². The second-order valence-corrected chi connectivity index (χ2v) is 13.9. The fraction of sp³-hybridized carbons (Fsp3) is 0.556. The van der Waals surface area contributed by atoms with Crippen LogP contribution in [0.3, 0.4) is 0 Å². The molecule has 1 aromatic carbocycles. The van der Waals surface area contributed by atoms with Crippen molar-refractivity contribution in [3.8, 4) is 35.1 Å². The molecule has 262 valence electrons. The van der Waals surface area contributed by atoms with Crippen molar-refractivity contribution < 1.29 is 18.9 Å². The van der Waals surface area contributed by atoms with Crippen LogP contribution in [0.4, 0.5) is 11.6 Å². The van der Waals surface area contributed by atoms with E-state index in [0.29, 0.717) is 66.4 Å². The molecule has 1 unspecified atom stereocenters. The van der Waals surface area contributed by atoms with E-state index < -0.39 is 0 Å². The van der Waals surface area contributed by atoms with Gasteiger partial charge in [-0.05, 0) is 80.0 Å². The molecule has 3 aliphatic heterocycles. The number of nitrogens with one attached hydrogen (secondary N) is 1. The van der Waals surface area contributed by atoms with E-state index in [9.17, 15) is 0 Å². The largest absolute Gasteiger partial charge is 0.487 e. The van der Waals surface area contributed by atoms with Gasteiger partial charge in [0.05, 0.1) is 50.8 Å². The average molecular weight is 681 g/mol. The van der Waals surface area contributed by atoms with E-state index in [0.717, 1.165) is 62.5 Å². The summed E-state index contributed by atoms with van der Waals surface area (Å²) in [6.45, 7) is 6.26. The van der Waals surface area contributed by atoms with E-state index in [2.05, 4.69) is 52.5 Å². The van der Waals surface area contributed by atoms with Gasteiger partial charge in [-0.1, -0.05) is 12.0 Å². The summed E-state index contributed by atoms with van der Waals surface area (Å²) in [4.78, 5) is 12.1. The Bertz CT molecular complexity index is 1740. The fourth-order valence-electron chi connectivity index (χ4n) is 7.91. The van der Waals surface area contributed by atoms with Gasteiger partial charge in [-0.15, -0.1) is 16.6 Å². The van der Waals surface area contributed by atoms with Crippen LogP contribution in [0, 0.1) is 18.3 Å². The number of aromatic nitrogens is 8. The zero-order chi connectivity index (χ0) is 33.9. The second-order valence-electron chi connectivity index (χ2n) is 13.9. The minimum absolute atomic E-state index is 0.211. The summed E-state index contributed by atoms with van der Waals surface area (Å²) in [5, 5.41) is 19.6. The van der Waals surface area contributed by atoms with Gasteiger partial charge in [0.2, 0.25) is 5.95 Å². The van der Waals surface area contributed by atoms with Gasteiger partial charge in [0.15, 0.2) is 0 Å². The zero-order valence-corrected chi connectivity index (χ0v) is 28.4. The standard InChI is InChI=1S/C36H44N10O4/c1-3-26-4-5-27(14-34(26)50-24(2)17-44-23-39-42-43-44)28-15-37-36(38-16-28)40-33-18-45(41-35(33)49-20-25-12-13-47-19-25)29-6-8-30(9-7-29)46-31-10-11-32(46)22-48-21-31/h1,4-5,14-16,18,23-25,29-32H,6-13,17,19-22H2,2H3,(H,37,38,40)/t24-,25?,29?,30?,31-,32+/m0/s1. The number of rotatable bonds is 12. The average Bonchev–Trinajstić information content (AvgIpc) is 3.97. The summed E-state index contributed by atoms with van der Waals surface area (Å²) < 4.78 is 27.7. The molecule has 14 nitrogen and oxygen atoms in total. The molecule has 1 saturated carbocycles. The highest BCUT2D eigenvalue weighted by Crippen LogP contribution is 2.39. The number of nitrogens with zero attached hydrogens (tertiary/aromatic N) is 9. The number of tetrazole rings is 1. The topological polar surface area (TPSA) is 139 Å². The number of ether oxygens (including phenoxy) is 4. The molecular formula is C36H44N10O4. The van der Waals surface area contributed by atoms with Gasteiger partial charge in [-0.25, -0.2) is 14.6 Å². The van der Waals surface area contributed by atoms with Crippen LogP contribution >= 0.6 is 0 Å². The van der Waals surface area contributed by atoms with E-state index in [1.54, 1.807) is 23.4 Å².